The van der Waals surface area contributed by atoms with E-state index in [1.54, 1.807) is 7.85 Å². The first kappa shape index (κ1) is 10.5. The summed E-state index contributed by atoms with van der Waals surface area (Å²) in [5.74, 6) is 0. The van der Waals surface area contributed by atoms with E-state index in [4.69, 9.17) is 15.1 Å². The summed E-state index contributed by atoms with van der Waals surface area (Å²) in [5, 5.41) is 38.8. The third-order valence-corrected chi connectivity index (χ3v) is 2.23. The lowest BCUT2D eigenvalue weighted by Crippen LogP contribution is -2.47. The van der Waals surface area contributed by atoms with Gasteiger partial charge in [-0.25, -0.2) is 0 Å². The molecule has 0 amide bonds. The average Bonchev–Trinajstić information content (AvgIpc) is 2.32. The van der Waals surface area contributed by atoms with Crippen LogP contribution in [0.3, 0.4) is 0 Å². The van der Waals surface area contributed by atoms with Crippen LogP contribution in [-0.4, -0.2) is 65.0 Å². The lowest BCUT2D eigenvalue weighted by molar-refractivity contribution is -0.0491. The number of rotatable bonds is 2. The molecule has 6 nitrogen and oxygen atoms in total. The largest absolute Gasteiger partial charge is 0.411 e. The van der Waals surface area contributed by atoms with E-state index in [9.17, 15) is 10.2 Å². The van der Waals surface area contributed by atoms with Crippen LogP contribution in [0.2, 0.25) is 0 Å². The molecule has 0 spiro atoms. The Bertz CT molecular complexity index is 213. The van der Waals surface area contributed by atoms with E-state index >= 15 is 0 Å². The SMILES string of the molecule is B[C@@H]1O[C@](/C=N/O)(CO)[C@@H](O)[C@H]1O. The van der Waals surface area contributed by atoms with Gasteiger partial charge >= 0.3 is 0 Å². The molecule has 1 aliphatic heterocycles. The predicted octanol–water partition coefficient (Wildman–Crippen LogP) is -3.11. The van der Waals surface area contributed by atoms with Crippen LogP contribution in [0.4, 0.5) is 0 Å². The number of nitrogens with zero attached hydrogens (tertiary/aromatic N) is 1. The van der Waals surface area contributed by atoms with Crippen molar-refractivity contribution in [2.24, 2.45) is 5.16 Å². The molecule has 1 heterocycles. The summed E-state index contributed by atoms with van der Waals surface area (Å²) < 4.78 is 5.10. The van der Waals surface area contributed by atoms with E-state index in [1.165, 1.54) is 0 Å². The van der Waals surface area contributed by atoms with Crippen molar-refractivity contribution in [2.75, 3.05) is 6.61 Å². The maximum atomic E-state index is 9.47. The van der Waals surface area contributed by atoms with E-state index < -0.39 is 30.4 Å². The van der Waals surface area contributed by atoms with Gasteiger partial charge in [-0.1, -0.05) is 5.16 Å². The molecule has 4 atom stereocenters. The molecule has 13 heavy (non-hydrogen) atoms. The van der Waals surface area contributed by atoms with Crippen molar-refractivity contribution in [1.82, 2.24) is 0 Å². The van der Waals surface area contributed by atoms with E-state index in [-0.39, 0.29) is 0 Å². The molecule has 0 unspecified atom stereocenters. The van der Waals surface area contributed by atoms with Crippen molar-refractivity contribution in [1.29, 1.82) is 0 Å². The number of hydrogen-bond acceptors (Lipinski definition) is 6. The Kier molecular flexibility index (Phi) is 2.92. The van der Waals surface area contributed by atoms with E-state index in [2.05, 4.69) is 5.16 Å². The Hall–Kier alpha value is -0.625. The monoisotopic (exact) mass is 189 g/mol. The lowest BCUT2D eigenvalue weighted by Gasteiger charge is -2.24. The van der Waals surface area contributed by atoms with Crippen LogP contribution in [0.1, 0.15) is 0 Å². The maximum absolute atomic E-state index is 9.47. The van der Waals surface area contributed by atoms with Crippen LogP contribution in [-0.2, 0) is 4.74 Å². The molecule has 4 N–H and O–H groups in total. The highest BCUT2D eigenvalue weighted by Gasteiger charge is 2.51. The minimum Gasteiger partial charge on any atom is -0.411 e. The first-order valence-electron chi connectivity index (χ1n) is 3.91. The van der Waals surface area contributed by atoms with Gasteiger partial charge in [0.25, 0.3) is 0 Å². The normalized spacial score (nSPS) is 45.9. The molecule has 0 aromatic rings. The number of ether oxygens (including phenoxy) is 1. The second-order valence-electron chi connectivity index (χ2n) is 3.12. The van der Waals surface area contributed by atoms with Gasteiger partial charge in [0.2, 0.25) is 0 Å². The van der Waals surface area contributed by atoms with Crippen molar-refractivity contribution in [3.05, 3.63) is 0 Å². The molecule has 0 radical (unpaired) electrons. The molecule has 1 saturated heterocycles. The Morgan fingerprint density at radius 1 is 1.54 bits per heavy atom. The van der Waals surface area contributed by atoms with Crippen LogP contribution in [0.15, 0.2) is 5.16 Å². The molecule has 0 aromatic heterocycles. The highest BCUT2D eigenvalue weighted by atomic mass is 16.6. The van der Waals surface area contributed by atoms with Crippen LogP contribution >= 0.6 is 0 Å². The molecule has 7 heteroatoms. The van der Waals surface area contributed by atoms with Gasteiger partial charge in [0.15, 0.2) is 5.60 Å². The molecule has 74 valence electrons. The Balaban J connectivity index is 2.89. The third kappa shape index (κ3) is 1.55. The third-order valence-electron chi connectivity index (χ3n) is 2.23. The first-order valence-corrected chi connectivity index (χ1v) is 3.91. The zero-order valence-corrected chi connectivity index (χ0v) is 7.16. The second kappa shape index (κ2) is 3.63. The van der Waals surface area contributed by atoms with Crippen molar-refractivity contribution in [3.8, 4) is 0 Å². The zero-order valence-electron chi connectivity index (χ0n) is 7.16. The second-order valence-corrected chi connectivity index (χ2v) is 3.12. The molecule has 1 rings (SSSR count). The summed E-state index contributed by atoms with van der Waals surface area (Å²) in [6.07, 6.45) is -1.50. The minimum atomic E-state index is -1.49. The highest BCUT2D eigenvalue weighted by Crippen LogP contribution is 2.28. The summed E-state index contributed by atoms with van der Waals surface area (Å²) in [6.45, 7) is -0.556. The van der Waals surface area contributed by atoms with Crippen LogP contribution in [0, 0.1) is 0 Å². The lowest BCUT2D eigenvalue weighted by atomic mass is 9.90. The zero-order chi connectivity index (χ0) is 10.1. The number of aliphatic hydroxyl groups is 3. The fraction of sp³-hybridized carbons (Fsp3) is 0.833. The van der Waals surface area contributed by atoms with Gasteiger partial charge in [0.05, 0.1) is 18.8 Å². The summed E-state index contributed by atoms with van der Waals surface area (Å²) in [5.41, 5.74) is -1.49. The Labute approximate surface area is 75.8 Å². The fourth-order valence-corrected chi connectivity index (χ4v) is 1.41. The first-order chi connectivity index (χ1) is 6.07. The number of hydrogen-bond donors (Lipinski definition) is 4. The van der Waals surface area contributed by atoms with E-state index in [0.717, 1.165) is 6.21 Å². The molecule has 0 aromatic carbocycles. The smallest absolute Gasteiger partial charge is 0.157 e. The van der Waals surface area contributed by atoms with Gasteiger partial charge < -0.3 is 25.3 Å². The highest BCUT2D eigenvalue weighted by molar-refractivity contribution is 6.12. The quantitative estimate of drug-likeness (QED) is 0.159. The maximum Gasteiger partial charge on any atom is 0.157 e. The molecule has 1 fully saturated rings. The van der Waals surface area contributed by atoms with Gasteiger partial charge in [0, 0.05) is 0 Å². The van der Waals surface area contributed by atoms with Gasteiger partial charge in [-0.15, -0.1) is 0 Å². The summed E-state index contributed by atoms with van der Waals surface area (Å²) in [4.78, 5) is 0. The fourth-order valence-electron chi connectivity index (χ4n) is 1.41. The molecule has 0 aliphatic carbocycles. The standard InChI is InChI=1S/C6H12BNO5/c7-5-3(10)4(11)6(2-9,13-5)1-8-12/h1,3-5,9-12H,2,7H2/b8-1+/t3-,4+,5-,6-/m1/s1. The predicted molar refractivity (Wildman–Crippen MR) is 45.5 cm³/mol. The van der Waals surface area contributed by atoms with Gasteiger partial charge in [-0.3, -0.25) is 0 Å². The minimum absolute atomic E-state index is 0.556. The van der Waals surface area contributed by atoms with Gasteiger partial charge in [0.1, 0.15) is 20.1 Å². The summed E-state index contributed by atoms with van der Waals surface area (Å²) in [7, 11) is 1.55. The van der Waals surface area contributed by atoms with Crippen molar-refractivity contribution >= 4 is 14.1 Å². The average molecular weight is 189 g/mol. The van der Waals surface area contributed by atoms with Crippen molar-refractivity contribution in [3.63, 3.8) is 0 Å². The molecule has 0 bridgehead atoms. The molecule has 1 aliphatic rings. The molecular weight excluding hydrogens is 177 g/mol. The van der Waals surface area contributed by atoms with Crippen LogP contribution < -0.4 is 0 Å². The van der Waals surface area contributed by atoms with Crippen molar-refractivity contribution < 1.29 is 25.3 Å². The summed E-state index contributed by atoms with van der Waals surface area (Å²) >= 11 is 0. The summed E-state index contributed by atoms with van der Waals surface area (Å²) in [6, 6.07) is -0.611. The van der Waals surface area contributed by atoms with Crippen molar-refractivity contribution in [2.45, 2.75) is 23.8 Å². The van der Waals surface area contributed by atoms with Gasteiger partial charge in [-0.2, -0.15) is 0 Å². The Morgan fingerprint density at radius 3 is 2.46 bits per heavy atom. The van der Waals surface area contributed by atoms with E-state index in [0.29, 0.717) is 0 Å². The Morgan fingerprint density at radius 2 is 2.15 bits per heavy atom. The topological polar surface area (TPSA) is 103 Å². The number of oxime groups is 1. The van der Waals surface area contributed by atoms with Crippen LogP contribution in [0.25, 0.3) is 0 Å². The molecular formula is C6H12BNO5. The van der Waals surface area contributed by atoms with Crippen LogP contribution in [0.5, 0.6) is 0 Å². The molecule has 0 saturated carbocycles. The van der Waals surface area contributed by atoms with E-state index in [1.807, 2.05) is 0 Å². The number of aliphatic hydroxyl groups excluding tert-OH is 3. The van der Waals surface area contributed by atoms with Gasteiger partial charge in [-0.05, 0) is 0 Å².